The Hall–Kier alpha value is -1.67. The lowest BCUT2D eigenvalue weighted by molar-refractivity contribution is -0.122. The molecule has 0 aromatic carbocycles. The number of hydrogen-bond donors (Lipinski definition) is 3. The summed E-state index contributed by atoms with van der Waals surface area (Å²) in [7, 11) is -3.59. The maximum Gasteiger partial charge on any atom is 0.242 e. The zero-order valence-electron chi connectivity index (χ0n) is 11.9. The lowest BCUT2D eigenvalue weighted by Crippen LogP contribution is -2.35. The molecule has 116 valence electrons. The van der Waals surface area contributed by atoms with E-state index in [9.17, 15) is 13.2 Å². The minimum atomic E-state index is -3.59. The Morgan fingerprint density at radius 3 is 2.67 bits per heavy atom. The lowest BCUT2D eigenvalue weighted by atomic mass is 10.4. The Morgan fingerprint density at radius 1 is 1.33 bits per heavy atom. The monoisotopic (exact) mass is 312 g/mol. The highest BCUT2D eigenvalue weighted by atomic mass is 32.2. The molecule has 7 nitrogen and oxygen atoms in total. The number of sulfonamides is 1. The van der Waals surface area contributed by atoms with Gasteiger partial charge in [0.2, 0.25) is 15.9 Å². The van der Waals surface area contributed by atoms with Gasteiger partial charge in [-0.1, -0.05) is 0 Å². The zero-order chi connectivity index (χ0) is 15.3. The van der Waals surface area contributed by atoms with E-state index in [4.69, 9.17) is 0 Å². The molecule has 0 saturated heterocycles. The number of pyridine rings is 1. The van der Waals surface area contributed by atoms with Crippen LogP contribution >= 0.6 is 0 Å². The van der Waals surface area contributed by atoms with Crippen molar-refractivity contribution in [3.05, 3.63) is 18.3 Å². The summed E-state index contributed by atoms with van der Waals surface area (Å²) in [5.74, 6) is 0.767. The van der Waals surface area contributed by atoms with Crippen LogP contribution in [-0.4, -0.2) is 38.9 Å². The Kier molecular flexibility index (Phi) is 5.13. The predicted molar refractivity (Wildman–Crippen MR) is 79.3 cm³/mol. The molecule has 1 aliphatic carbocycles. The van der Waals surface area contributed by atoms with Crippen molar-refractivity contribution < 1.29 is 13.2 Å². The minimum absolute atomic E-state index is 0.00542. The molecule has 0 bridgehead atoms. The molecule has 1 saturated carbocycles. The number of hydrogen-bond acceptors (Lipinski definition) is 5. The van der Waals surface area contributed by atoms with Crippen molar-refractivity contribution in [2.75, 3.05) is 25.0 Å². The lowest BCUT2D eigenvalue weighted by Gasteiger charge is -2.08. The molecule has 0 radical (unpaired) electrons. The topological polar surface area (TPSA) is 100 Å². The van der Waals surface area contributed by atoms with E-state index < -0.39 is 10.0 Å². The Bertz CT molecular complexity index is 582. The molecule has 0 spiro atoms. The number of nitrogens with one attached hydrogen (secondary N) is 3. The molecule has 1 amide bonds. The van der Waals surface area contributed by atoms with Gasteiger partial charge in [-0.2, -0.15) is 0 Å². The number of carbonyl (C=O) groups is 1. The summed E-state index contributed by atoms with van der Waals surface area (Å²) in [5.41, 5.74) is 0. The van der Waals surface area contributed by atoms with Crippen LogP contribution in [0.25, 0.3) is 0 Å². The molecular formula is C13H20N4O3S. The largest absolute Gasteiger partial charge is 0.370 e. The quantitative estimate of drug-likeness (QED) is 0.600. The molecule has 1 aromatic rings. The van der Waals surface area contributed by atoms with Gasteiger partial charge in [0.25, 0.3) is 0 Å². The molecule has 2 rings (SSSR count). The molecule has 0 aliphatic heterocycles. The summed E-state index contributed by atoms with van der Waals surface area (Å²) in [6.07, 6.45) is 3.17. The van der Waals surface area contributed by atoms with E-state index in [1.807, 2.05) is 6.92 Å². The fraction of sp³-hybridized carbons (Fsp3) is 0.538. The third kappa shape index (κ3) is 4.68. The molecule has 1 fully saturated rings. The van der Waals surface area contributed by atoms with Crippen LogP contribution in [0.1, 0.15) is 19.8 Å². The number of amides is 1. The van der Waals surface area contributed by atoms with Crippen molar-refractivity contribution in [3.8, 4) is 0 Å². The summed E-state index contributed by atoms with van der Waals surface area (Å²) >= 11 is 0. The first-order valence-electron chi connectivity index (χ1n) is 7.00. The minimum Gasteiger partial charge on any atom is -0.370 e. The van der Waals surface area contributed by atoms with Crippen LogP contribution in [0, 0.1) is 5.92 Å². The highest BCUT2D eigenvalue weighted by Crippen LogP contribution is 2.28. The molecule has 1 aromatic heterocycles. The summed E-state index contributed by atoms with van der Waals surface area (Å²) in [5, 5.41) is 5.70. The van der Waals surface area contributed by atoms with Crippen LogP contribution in [0.4, 0.5) is 5.82 Å². The Balaban J connectivity index is 1.81. The van der Waals surface area contributed by atoms with E-state index in [0.717, 1.165) is 19.4 Å². The maximum atomic E-state index is 12.0. The second-order valence-corrected chi connectivity index (χ2v) is 6.64. The number of nitrogens with zero attached hydrogens (tertiary/aromatic N) is 1. The van der Waals surface area contributed by atoms with Gasteiger partial charge in [-0.25, -0.2) is 18.1 Å². The molecule has 1 heterocycles. The summed E-state index contributed by atoms with van der Waals surface area (Å²) in [4.78, 5) is 15.5. The van der Waals surface area contributed by atoms with Crippen molar-refractivity contribution in [2.24, 2.45) is 5.92 Å². The van der Waals surface area contributed by atoms with E-state index >= 15 is 0 Å². The number of rotatable bonds is 8. The fourth-order valence-corrected chi connectivity index (χ4v) is 2.75. The SMILES string of the molecule is CCNc1ccc(S(=O)(=O)NCCNC(=O)C2CC2)cn1. The van der Waals surface area contributed by atoms with Crippen LogP contribution in [-0.2, 0) is 14.8 Å². The molecule has 0 atom stereocenters. The van der Waals surface area contributed by atoms with Crippen molar-refractivity contribution >= 4 is 21.7 Å². The Morgan fingerprint density at radius 2 is 2.10 bits per heavy atom. The van der Waals surface area contributed by atoms with Gasteiger partial charge in [0, 0.05) is 31.7 Å². The first kappa shape index (κ1) is 15.7. The number of anilines is 1. The van der Waals surface area contributed by atoms with Crippen LogP contribution < -0.4 is 15.4 Å². The van der Waals surface area contributed by atoms with Gasteiger partial charge in [0.05, 0.1) is 0 Å². The molecule has 0 unspecified atom stereocenters. The molecule has 21 heavy (non-hydrogen) atoms. The predicted octanol–water partition coefficient (Wildman–Crippen LogP) is 0.318. The van der Waals surface area contributed by atoms with Crippen molar-refractivity contribution in [2.45, 2.75) is 24.7 Å². The maximum absolute atomic E-state index is 12.0. The molecule has 1 aliphatic rings. The van der Waals surface area contributed by atoms with Crippen molar-refractivity contribution in [3.63, 3.8) is 0 Å². The first-order chi connectivity index (χ1) is 10.0. The first-order valence-corrected chi connectivity index (χ1v) is 8.48. The average molecular weight is 312 g/mol. The van der Waals surface area contributed by atoms with E-state index in [0.29, 0.717) is 5.82 Å². The number of carbonyl (C=O) groups excluding carboxylic acids is 1. The van der Waals surface area contributed by atoms with Crippen molar-refractivity contribution in [1.29, 1.82) is 0 Å². The van der Waals surface area contributed by atoms with Crippen LogP contribution in [0.3, 0.4) is 0 Å². The van der Waals surface area contributed by atoms with E-state index in [-0.39, 0.29) is 29.8 Å². The average Bonchev–Trinajstić information content (AvgIpc) is 3.29. The van der Waals surface area contributed by atoms with Crippen LogP contribution in [0.5, 0.6) is 0 Å². The van der Waals surface area contributed by atoms with E-state index in [2.05, 4.69) is 20.3 Å². The third-order valence-electron chi connectivity index (χ3n) is 3.07. The third-order valence-corrected chi connectivity index (χ3v) is 4.52. The van der Waals surface area contributed by atoms with Gasteiger partial charge in [-0.3, -0.25) is 4.79 Å². The standard InChI is InChI=1S/C13H20N4O3S/c1-2-14-12-6-5-11(9-16-12)21(19,20)17-8-7-15-13(18)10-3-4-10/h5-6,9-10,17H,2-4,7-8H2,1H3,(H,14,16)(H,15,18). The smallest absolute Gasteiger partial charge is 0.242 e. The second-order valence-electron chi connectivity index (χ2n) is 4.87. The van der Waals surface area contributed by atoms with Gasteiger partial charge in [-0.05, 0) is 31.9 Å². The summed E-state index contributed by atoms with van der Waals surface area (Å²) in [6.45, 7) is 3.11. The van der Waals surface area contributed by atoms with Gasteiger partial charge >= 0.3 is 0 Å². The van der Waals surface area contributed by atoms with Crippen LogP contribution in [0.15, 0.2) is 23.2 Å². The fourth-order valence-electron chi connectivity index (χ4n) is 1.77. The highest BCUT2D eigenvalue weighted by Gasteiger charge is 2.29. The second kappa shape index (κ2) is 6.86. The van der Waals surface area contributed by atoms with E-state index in [1.165, 1.54) is 12.3 Å². The van der Waals surface area contributed by atoms with Crippen LogP contribution in [0.2, 0.25) is 0 Å². The van der Waals surface area contributed by atoms with Crippen molar-refractivity contribution in [1.82, 2.24) is 15.0 Å². The molecule has 3 N–H and O–H groups in total. The van der Waals surface area contributed by atoms with Gasteiger partial charge in [-0.15, -0.1) is 0 Å². The van der Waals surface area contributed by atoms with Gasteiger partial charge in [0.1, 0.15) is 10.7 Å². The summed E-state index contributed by atoms with van der Waals surface area (Å²) in [6, 6.07) is 3.11. The normalized spacial score (nSPS) is 14.7. The Labute approximate surface area is 124 Å². The number of aromatic nitrogens is 1. The van der Waals surface area contributed by atoms with E-state index in [1.54, 1.807) is 6.07 Å². The van der Waals surface area contributed by atoms with Gasteiger partial charge in [0.15, 0.2) is 0 Å². The molecule has 8 heteroatoms. The van der Waals surface area contributed by atoms with Gasteiger partial charge < -0.3 is 10.6 Å². The highest BCUT2D eigenvalue weighted by molar-refractivity contribution is 7.89. The summed E-state index contributed by atoms with van der Waals surface area (Å²) < 4.78 is 26.5. The zero-order valence-corrected chi connectivity index (χ0v) is 12.7. The molecular weight excluding hydrogens is 292 g/mol.